The molecule has 0 radical (unpaired) electrons. The molecule has 0 amide bonds. The van der Waals surface area contributed by atoms with Crippen LogP contribution in [0.15, 0.2) is 48.1 Å². The van der Waals surface area contributed by atoms with Gasteiger partial charge in [0.1, 0.15) is 10.8 Å². The number of rotatable bonds is 4. The molecule has 0 atom stereocenters. The maximum atomic E-state index is 5.43. The molecule has 0 aliphatic rings. The van der Waals surface area contributed by atoms with Crippen molar-refractivity contribution < 1.29 is 4.74 Å². The van der Waals surface area contributed by atoms with E-state index in [2.05, 4.69) is 30.3 Å². The van der Waals surface area contributed by atoms with Crippen molar-refractivity contribution in [3.05, 3.63) is 53.7 Å². The van der Waals surface area contributed by atoms with Gasteiger partial charge in [0.2, 0.25) is 0 Å². The molecule has 2 heterocycles. The van der Waals surface area contributed by atoms with E-state index in [1.165, 1.54) is 5.56 Å². The smallest absolute Gasteiger partial charge is 0.128 e. The Morgan fingerprint density at radius 1 is 1.09 bits per heavy atom. The third-order valence-corrected chi connectivity index (χ3v) is 4.47. The number of benzene rings is 1. The predicted molar refractivity (Wildman–Crippen MR) is 91.4 cm³/mol. The molecule has 0 N–H and O–H groups in total. The van der Waals surface area contributed by atoms with E-state index < -0.39 is 0 Å². The van der Waals surface area contributed by atoms with Crippen molar-refractivity contribution in [1.29, 1.82) is 0 Å². The summed E-state index contributed by atoms with van der Waals surface area (Å²) >= 11 is 1.64. The lowest BCUT2D eigenvalue weighted by Crippen LogP contribution is -1.93. The first-order valence-electron chi connectivity index (χ1n) is 7.24. The minimum atomic E-state index is 0.441. The molecular formula is C18H18N2OS. The monoisotopic (exact) mass is 310 g/mol. The van der Waals surface area contributed by atoms with Crippen LogP contribution in [0.5, 0.6) is 5.75 Å². The Balaban J connectivity index is 2.05. The van der Waals surface area contributed by atoms with Gasteiger partial charge in [0.15, 0.2) is 0 Å². The Morgan fingerprint density at radius 3 is 2.68 bits per heavy atom. The molecule has 2 aromatic heterocycles. The molecule has 1 aromatic carbocycles. The second kappa shape index (κ2) is 6.28. The lowest BCUT2D eigenvalue weighted by Gasteiger charge is -2.09. The lowest BCUT2D eigenvalue weighted by molar-refractivity contribution is 0.416. The molecule has 112 valence electrons. The van der Waals surface area contributed by atoms with E-state index in [9.17, 15) is 0 Å². The Hall–Kier alpha value is -2.20. The Morgan fingerprint density at radius 2 is 1.91 bits per heavy atom. The summed E-state index contributed by atoms with van der Waals surface area (Å²) in [7, 11) is 1.68. The van der Waals surface area contributed by atoms with Gasteiger partial charge in [0, 0.05) is 28.9 Å². The number of aromatic nitrogens is 2. The van der Waals surface area contributed by atoms with Gasteiger partial charge >= 0.3 is 0 Å². The average molecular weight is 310 g/mol. The highest BCUT2D eigenvalue weighted by Gasteiger charge is 2.14. The normalized spacial score (nSPS) is 10.9. The topological polar surface area (TPSA) is 35.0 Å². The van der Waals surface area contributed by atoms with Crippen molar-refractivity contribution in [1.82, 2.24) is 9.97 Å². The van der Waals surface area contributed by atoms with E-state index in [-0.39, 0.29) is 0 Å². The lowest BCUT2D eigenvalue weighted by atomic mass is 10.00. The van der Waals surface area contributed by atoms with Crippen molar-refractivity contribution in [3.8, 4) is 27.6 Å². The molecule has 3 rings (SSSR count). The molecule has 0 fully saturated rings. The second-order valence-electron chi connectivity index (χ2n) is 5.36. The first-order valence-corrected chi connectivity index (χ1v) is 8.12. The zero-order chi connectivity index (χ0) is 15.5. The van der Waals surface area contributed by atoms with Crippen molar-refractivity contribution in [2.24, 2.45) is 0 Å². The summed E-state index contributed by atoms with van der Waals surface area (Å²) in [6.07, 6.45) is 3.74. The van der Waals surface area contributed by atoms with Gasteiger partial charge in [-0.05, 0) is 29.7 Å². The van der Waals surface area contributed by atoms with Crippen molar-refractivity contribution in [2.75, 3.05) is 7.11 Å². The average Bonchev–Trinajstić information content (AvgIpc) is 3.04. The third kappa shape index (κ3) is 2.74. The largest absolute Gasteiger partial charge is 0.496 e. The third-order valence-electron chi connectivity index (χ3n) is 3.59. The van der Waals surface area contributed by atoms with Crippen LogP contribution in [-0.2, 0) is 0 Å². The number of thiazole rings is 1. The maximum absolute atomic E-state index is 5.43. The van der Waals surface area contributed by atoms with Crippen LogP contribution in [0.1, 0.15) is 25.3 Å². The van der Waals surface area contributed by atoms with Gasteiger partial charge < -0.3 is 4.74 Å². The summed E-state index contributed by atoms with van der Waals surface area (Å²) in [5.41, 5.74) is 4.35. The second-order valence-corrected chi connectivity index (χ2v) is 6.21. The van der Waals surface area contributed by atoms with Crippen LogP contribution in [0.3, 0.4) is 0 Å². The van der Waals surface area contributed by atoms with E-state index in [0.29, 0.717) is 5.92 Å². The predicted octanol–water partition coefficient (Wildman–Crippen LogP) is 5.00. The van der Waals surface area contributed by atoms with Crippen LogP contribution in [0.4, 0.5) is 0 Å². The quantitative estimate of drug-likeness (QED) is 0.680. The molecule has 0 aliphatic carbocycles. The number of para-hydroxylation sites is 1. The van der Waals surface area contributed by atoms with E-state index in [1.54, 1.807) is 18.4 Å². The van der Waals surface area contributed by atoms with Gasteiger partial charge in [-0.3, -0.25) is 4.98 Å². The molecule has 0 bridgehead atoms. The first-order chi connectivity index (χ1) is 10.7. The van der Waals surface area contributed by atoms with Crippen LogP contribution in [0, 0.1) is 0 Å². The number of ether oxygens (including phenoxy) is 1. The van der Waals surface area contributed by atoms with Crippen LogP contribution < -0.4 is 4.74 Å². The van der Waals surface area contributed by atoms with Crippen LogP contribution in [0.25, 0.3) is 21.8 Å². The maximum Gasteiger partial charge on any atom is 0.128 e. The van der Waals surface area contributed by atoms with Gasteiger partial charge in [-0.1, -0.05) is 26.0 Å². The summed E-state index contributed by atoms with van der Waals surface area (Å²) in [4.78, 5) is 9.06. The van der Waals surface area contributed by atoms with Crippen LogP contribution in [-0.4, -0.2) is 17.1 Å². The summed E-state index contributed by atoms with van der Waals surface area (Å²) < 4.78 is 5.43. The SMILES string of the molecule is COc1ccccc1-c1csc(-c2cnccc2C(C)C)n1. The van der Waals surface area contributed by atoms with Gasteiger partial charge in [-0.15, -0.1) is 11.3 Å². The fourth-order valence-electron chi connectivity index (χ4n) is 2.46. The fourth-order valence-corrected chi connectivity index (χ4v) is 3.32. The Bertz CT molecular complexity index is 780. The van der Waals surface area contributed by atoms with Gasteiger partial charge in [-0.25, -0.2) is 4.98 Å². The number of hydrogen-bond donors (Lipinski definition) is 0. The molecule has 22 heavy (non-hydrogen) atoms. The molecule has 0 unspecified atom stereocenters. The molecule has 3 nitrogen and oxygen atoms in total. The summed E-state index contributed by atoms with van der Waals surface area (Å²) in [5, 5.41) is 3.07. The number of hydrogen-bond acceptors (Lipinski definition) is 4. The summed E-state index contributed by atoms with van der Waals surface area (Å²) in [6.45, 7) is 4.38. The van der Waals surface area contributed by atoms with Gasteiger partial charge in [-0.2, -0.15) is 0 Å². The van der Waals surface area contributed by atoms with E-state index in [4.69, 9.17) is 9.72 Å². The Kier molecular flexibility index (Phi) is 4.20. The van der Waals surface area contributed by atoms with Gasteiger partial charge in [0.05, 0.1) is 12.8 Å². The van der Waals surface area contributed by atoms with E-state index in [1.807, 2.05) is 36.7 Å². The number of methoxy groups -OCH3 is 1. The van der Waals surface area contributed by atoms with Crippen LogP contribution >= 0.6 is 11.3 Å². The summed E-state index contributed by atoms with van der Waals surface area (Å²) in [5.74, 6) is 1.28. The van der Waals surface area contributed by atoms with Crippen molar-refractivity contribution in [3.63, 3.8) is 0 Å². The highest BCUT2D eigenvalue weighted by molar-refractivity contribution is 7.13. The highest BCUT2D eigenvalue weighted by Crippen LogP contribution is 2.35. The highest BCUT2D eigenvalue weighted by atomic mass is 32.1. The van der Waals surface area contributed by atoms with Crippen LogP contribution in [0.2, 0.25) is 0 Å². The molecule has 3 aromatic rings. The summed E-state index contributed by atoms with van der Waals surface area (Å²) in [6, 6.07) is 10.0. The number of nitrogens with zero attached hydrogens (tertiary/aromatic N) is 2. The molecule has 0 saturated carbocycles. The molecule has 0 aliphatic heterocycles. The van der Waals surface area contributed by atoms with Crippen molar-refractivity contribution >= 4 is 11.3 Å². The number of pyridine rings is 1. The zero-order valence-electron chi connectivity index (χ0n) is 12.9. The first kappa shape index (κ1) is 14.7. The zero-order valence-corrected chi connectivity index (χ0v) is 13.7. The Labute approximate surface area is 134 Å². The minimum absolute atomic E-state index is 0.441. The molecule has 4 heteroatoms. The fraction of sp³-hybridized carbons (Fsp3) is 0.222. The standard InChI is InChI=1S/C18H18N2OS/c1-12(2)13-8-9-19-10-15(13)18-20-16(11-22-18)14-6-4-5-7-17(14)21-3/h4-12H,1-3H3. The molecule has 0 saturated heterocycles. The van der Waals surface area contributed by atoms with Crippen molar-refractivity contribution in [2.45, 2.75) is 19.8 Å². The molecule has 0 spiro atoms. The molecular weight excluding hydrogens is 292 g/mol. The van der Waals surface area contributed by atoms with Gasteiger partial charge in [0.25, 0.3) is 0 Å². The minimum Gasteiger partial charge on any atom is -0.496 e. The van der Waals surface area contributed by atoms with E-state index >= 15 is 0 Å². The van der Waals surface area contributed by atoms with E-state index in [0.717, 1.165) is 27.6 Å².